The Hall–Kier alpha value is -1.84. The van der Waals surface area contributed by atoms with E-state index in [0.29, 0.717) is 6.54 Å². The van der Waals surface area contributed by atoms with Gasteiger partial charge in [-0.3, -0.25) is 9.59 Å². The van der Waals surface area contributed by atoms with Crippen LogP contribution in [0.25, 0.3) is 0 Å². The average Bonchev–Trinajstić information content (AvgIpc) is 2.36. The summed E-state index contributed by atoms with van der Waals surface area (Å²) in [6, 6.07) is 9.49. The van der Waals surface area contributed by atoms with Crippen molar-refractivity contribution in [1.82, 2.24) is 10.6 Å². The predicted octanol–water partition coefficient (Wildman–Crippen LogP) is 1.22. The van der Waals surface area contributed by atoms with Crippen LogP contribution in [0.4, 0.5) is 0 Å². The molecular formula is C13H18N2O2. The van der Waals surface area contributed by atoms with Crippen LogP contribution in [0.2, 0.25) is 0 Å². The Bertz CT molecular complexity index is 376. The molecule has 0 aliphatic rings. The number of carbonyl (C=O) groups is 2. The van der Waals surface area contributed by atoms with Gasteiger partial charge in [0, 0.05) is 12.6 Å². The lowest BCUT2D eigenvalue weighted by atomic mass is 10.2. The third-order valence-electron chi connectivity index (χ3n) is 2.49. The van der Waals surface area contributed by atoms with Crippen LogP contribution < -0.4 is 10.6 Å². The van der Waals surface area contributed by atoms with Crippen LogP contribution in [0.15, 0.2) is 30.3 Å². The first-order valence-corrected chi connectivity index (χ1v) is 5.76. The summed E-state index contributed by atoms with van der Waals surface area (Å²) in [4.78, 5) is 22.9. The summed E-state index contributed by atoms with van der Waals surface area (Å²) in [5, 5.41) is 5.19. The molecule has 0 saturated heterocycles. The van der Waals surface area contributed by atoms with Crippen LogP contribution in [0, 0.1) is 0 Å². The van der Waals surface area contributed by atoms with Crippen LogP contribution in [-0.2, 0) is 16.1 Å². The number of hydrogen-bond acceptors (Lipinski definition) is 2. The SMILES string of the molecule is CC[C@H](C)NC(=O)C(=O)NCc1ccccc1. The Labute approximate surface area is 101 Å². The van der Waals surface area contributed by atoms with Crippen molar-refractivity contribution in [2.75, 3.05) is 0 Å². The summed E-state index contributed by atoms with van der Waals surface area (Å²) in [5.41, 5.74) is 0.970. The molecule has 0 fully saturated rings. The average molecular weight is 234 g/mol. The van der Waals surface area contributed by atoms with Gasteiger partial charge in [-0.1, -0.05) is 37.3 Å². The molecule has 1 rings (SSSR count). The van der Waals surface area contributed by atoms with Gasteiger partial charge in [-0.05, 0) is 18.9 Å². The molecule has 0 aromatic heterocycles. The van der Waals surface area contributed by atoms with E-state index in [2.05, 4.69) is 10.6 Å². The van der Waals surface area contributed by atoms with Crippen LogP contribution in [0.1, 0.15) is 25.8 Å². The van der Waals surface area contributed by atoms with Crippen molar-refractivity contribution >= 4 is 11.8 Å². The minimum atomic E-state index is -0.589. The maximum Gasteiger partial charge on any atom is 0.309 e. The van der Waals surface area contributed by atoms with Crippen LogP contribution >= 0.6 is 0 Å². The molecule has 0 saturated carbocycles. The molecule has 92 valence electrons. The molecule has 2 amide bonds. The summed E-state index contributed by atoms with van der Waals surface area (Å²) in [5.74, 6) is -1.16. The normalized spacial score (nSPS) is 11.6. The van der Waals surface area contributed by atoms with Gasteiger partial charge in [0.2, 0.25) is 0 Å². The zero-order valence-electron chi connectivity index (χ0n) is 10.2. The van der Waals surface area contributed by atoms with E-state index < -0.39 is 11.8 Å². The Kier molecular flexibility index (Phi) is 5.20. The van der Waals surface area contributed by atoms with Gasteiger partial charge in [0.15, 0.2) is 0 Å². The highest BCUT2D eigenvalue weighted by molar-refractivity contribution is 6.35. The van der Waals surface area contributed by atoms with Gasteiger partial charge in [-0.15, -0.1) is 0 Å². The van der Waals surface area contributed by atoms with Crippen molar-refractivity contribution in [1.29, 1.82) is 0 Å². The molecule has 0 bridgehead atoms. The second-order valence-electron chi connectivity index (χ2n) is 3.95. The van der Waals surface area contributed by atoms with E-state index in [1.807, 2.05) is 44.2 Å². The number of carbonyl (C=O) groups excluding carboxylic acids is 2. The number of hydrogen-bond donors (Lipinski definition) is 2. The molecule has 1 aromatic rings. The predicted molar refractivity (Wildman–Crippen MR) is 66.2 cm³/mol. The fourth-order valence-corrected chi connectivity index (χ4v) is 1.25. The minimum absolute atomic E-state index is 0.0185. The Morgan fingerprint density at radius 2 is 1.82 bits per heavy atom. The fourth-order valence-electron chi connectivity index (χ4n) is 1.25. The number of amides is 2. The van der Waals surface area contributed by atoms with Crippen molar-refractivity contribution in [3.05, 3.63) is 35.9 Å². The third kappa shape index (κ3) is 4.68. The van der Waals surface area contributed by atoms with E-state index in [1.54, 1.807) is 0 Å². The topological polar surface area (TPSA) is 58.2 Å². The van der Waals surface area contributed by atoms with Crippen molar-refractivity contribution < 1.29 is 9.59 Å². The van der Waals surface area contributed by atoms with Gasteiger partial charge in [-0.2, -0.15) is 0 Å². The van der Waals surface area contributed by atoms with E-state index in [-0.39, 0.29) is 6.04 Å². The van der Waals surface area contributed by atoms with E-state index in [9.17, 15) is 9.59 Å². The highest BCUT2D eigenvalue weighted by Crippen LogP contribution is 1.97. The molecule has 17 heavy (non-hydrogen) atoms. The standard InChI is InChI=1S/C13H18N2O2/c1-3-10(2)15-13(17)12(16)14-9-11-7-5-4-6-8-11/h4-8,10H,3,9H2,1-2H3,(H,14,16)(H,15,17)/t10-/m0/s1. The highest BCUT2D eigenvalue weighted by Gasteiger charge is 2.14. The highest BCUT2D eigenvalue weighted by atomic mass is 16.2. The summed E-state index contributed by atoms with van der Waals surface area (Å²) >= 11 is 0. The zero-order valence-corrected chi connectivity index (χ0v) is 10.2. The molecule has 0 aliphatic heterocycles. The lowest BCUT2D eigenvalue weighted by Gasteiger charge is -2.11. The second-order valence-corrected chi connectivity index (χ2v) is 3.95. The summed E-state index contributed by atoms with van der Waals surface area (Å²) < 4.78 is 0. The first-order valence-electron chi connectivity index (χ1n) is 5.76. The maximum absolute atomic E-state index is 11.4. The Morgan fingerprint density at radius 3 is 2.41 bits per heavy atom. The maximum atomic E-state index is 11.4. The number of benzene rings is 1. The van der Waals surface area contributed by atoms with Crippen LogP contribution in [0.5, 0.6) is 0 Å². The van der Waals surface area contributed by atoms with Gasteiger partial charge >= 0.3 is 11.8 Å². The molecule has 2 N–H and O–H groups in total. The second kappa shape index (κ2) is 6.68. The Morgan fingerprint density at radius 1 is 1.18 bits per heavy atom. The lowest BCUT2D eigenvalue weighted by molar-refractivity contribution is -0.139. The molecule has 0 unspecified atom stereocenters. The van der Waals surface area contributed by atoms with E-state index in [0.717, 1.165) is 12.0 Å². The van der Waals surface area contributed by atoms with Crippen LogP contribution in [-0.4, -0.2) is 17.9 Å². The zero-order chi connectivity index (χ0) is 12.7. The minimum Gasteiger partial charge on any atom is -0.345 e. The third-order valence-corrected chi connectivity index (χ3v) is 2.49. The molecule has 1 atom stereocenters. The van der Waals surface area contributed by atoms with Gasteiger partial charge in [-0.25, -0.2) is 0 Å². The van der Waals surface area contributed by atoms with Gasteiger partial charge in [0.25, 0.3) is 0 Å². The van der Waals surface area contributed by atoms with E-state index in [4.69, 9.17) is 0 Å². The number of nitrogens with one attached hydrogen (secondary N) is 2. The van der Waals surface area contributed by atoms with Gasteiger partial charge < -0.3 is 10.6 Å². The largest absolute Gasteiger partial charge is 0.345 e. The first-order chi connectivity index (χ1) is 8.13. The lowest BCUT2D eigenvalue weighted by Crippen LogP contribution is -2.43. The number of rotatable bonds is 4. The van der Waals surface area contributed by atoms with E-state index in [1.165, 1.54) is 0 Å². The fraction of sp³-hybridized carbons (Fsp3) is 0.385. The van der Waals surface area contributed by atoms with E-state index >= 15 is 0 Å². The van der Waals surface area contributed by atoms with Gasteiger partial charge in [0.05, 0.1) is 0 Å². The molecule has 0 aliphatic carbocycles. The van der Waals surface area contributed by atoms with Crippen molar-refractivity contribution in [2.45, 2.75) is 32.9 Å². The van der Waals surface area contributed by atoms with Crippen molar-refractivity contribution in [3.8, 4) is 0 Å². The molecule has 1 aromatic carbocycles. The molecule has 0 heterocycles. The molecule has 0 radical (unpaired) electrons. The monoisotopic (exact) mass is 234 g/mol. The smallest absolute Gasteiger partial charge is 0.309 e. The van der Waals surface area contributed by atoms with Crippen molar-refractivity contribution in [3.63, 3.8) is 0 Å². The summed E-state index contributed by atoms with van der Waals surface area (Å²) in [6.07, 6.45) is 0.803. The van der Waals surface area contributed by atoms with Crippen molar-refractivity contribution in [2.24, 2.45) is 0 Å². The Balaban J connectivity index is 2.37. The first kappa shape index (κ1) is 13.2. The van der Waals surface area contributed by atoms with Crippen LogP contribution in [0.3, 0.4) is 0 Å². The molecule has 0 spiro atoms. The quantitative estimate of drug-likeness (QED) is 0.769. The van der Waals surface area contributed by atoms with Gasteiger partial charge in [0.1, 0.15) is 0 Å². The molecular weight excluding hydrogens is 216 g/mol. The summed E-state index contributed by atoms with van der Waals surface area (Å²) in [6.45, 7) is 4.18. The molecule has 4 nitrogen and oxygen atoms in total. The molecule has 4 heteroatoms. The summed E-state index contributed by atoms with van der Waals surface area (Å²) in [7, 11) is 0.